The van der Waals surface area contributed by atoms with Crippen molar-refractivity contribution in [2.75, 3.05) is 18.4 Å². The molecule has 1 amide bonds. The van der Waals surface area contributed by atoms with Gasteiger partial charge >= 0.3 is 0 Å². The van der Waals surface area contributed by atoms with Crippen molar-refractivity contribution < 1.29 is 4.79 Å². The monoisotopic (exact) mass is 415 g/mol. The number of hydrogen-bond acceptors (Lipinski definition) is 4. The Balaban J connectivity index is 1.54. The van der Waals surface area contributed by atoms with Crippen molar-refractivity contribution in [3.05, 3.63) is 53.0 Å². The maximum absolute atomic E-state index is 12.2. The first-order valence-corrected chi connectivity index (χ1v) is 9.69. The lowest BCUT2D eigenvalue weighted by atomic mass is 10.3. The van der Waals surface area contributed by atoms with Crippen molar-refractivity contribution >= 4 is 39.3 Å². The minimum absolute atomic E-state index is 0.0736. The van der Waals surface area contributed by atoms with Crippen LogP contribution in [0.5, 0.6) is 0 Å². The minimum Gasteiger partial charge on any atom is -0.325 e. The number of nitriles is 1. The highest BCUT2D eigenvalue weighted by molar-refractivity contribution is 9.10. The van der Waals surface area contributed by atoms with Gasteiger partial charge < -0.3 is 5.32 Å². The largest absolute Gasteiger partial charge is 0.325 e. The van der Waals surface area contributed by atoms with Crippen LogP contribution in [-0.4, -0.2) is 29.9 Å². The van der Waals surface area contributed by atoms with Gasteiger partial charge in [0.2, 0.25) is 5.91 Å². The molecule has 0 atom stereocenters. The Morgan fingerprint density at radius 2 is 1.76 bits per heavy atom. The van der Waals surface area contributed by atoms with E-state index < -0.39 is 0 Å². The molecule has 1 aliphatic rings. The quantitative estimate of drug-likeness (QED) is 0.674. The maximum atomic E-state index is 12.2. The van der Waals surface area contributed by atoms with E-state index in [1.54, 1.807) is 11.8 Å². The number of carbonyl (C=O) groups is 1. The van der Waals surface area contributed by atoms with Crippen LogP contribution >= 0.6 is 27.7 Å². The third-order valence-electron chi connectivity index (χ3n) is 3.87. The molecule has 4 nitrogen and oxygen atoms in total. The molecule has 1 fully saturated rings. The SMILES string of the molecule is N#CCN(CC(=O)Nc1ccc(Sc2ccc(Br)cc2)cc1)C1CC1. The van der Waals surface area contributed by atoms with Gasteiger partial charge in [-0.2, -0.15) is 5.26 Å². The number of carbonyl (C=O) groups excluding carboxylic acids is 1. The molecule has 1 aliphatic carbocycles. The van der Waals surface area contributed by atoms with Gasteiger partial charge in [-0.25, -0.2) is 0 Å². The smallest absolute Gasteiger partial charge is 0.238 e. The summed E-state index contributed by atoms with van der Waals surface area (Å²) in [6.45, 7) is 0.578. The predicted molar refractivity (Wildman–Crippen MR) is 104 cm³/mol. The van der Waals surface area contributed by atoms with E-state index >= 15 is 0 Å². The highest BCUT2D eigenvalue weighted by Gasteiger charge is 2.29. The van der Waals surface area contributed by atoms with Crippen LogP contribution in [0.1, 0.15) is 12.8 Å². The molecule has 0 saturated heterocycles. The number of amides is 1. The summed E-state index contributed by atoms with van der Waals surface area (Å²) in [5.74, 6) is -0.0736. The Bertz CT molecular complexity index is 767. The van der Waals surface area contributed by atoms with E-state index in [0.717, 1.165) is 32.8 Å². The molecule has 3 rings (SSSR count). The lowest BCUT2D eigenvalue weighted by Crippen LogP contribution is -2.35. The summed E-state index contributed by atoms with van der Waals surface area (Å²) in [5.41, 5.74) is 0.776. The number of nitrogens with zero attached hydrogens (tertiary/aromatic N) is 2. The first-order valence-electron chi connectivity index (χ1n) is 8.08. The summed E-state index contributed by atoms with van der Waals surface area (Å²) in [5, 5.41) is 11.8. The van der Waals surface area contributed by atoms with Crippen LogP contribution in [0.25, 0.3) is 0 Å². The Morgan fingerprint density at radius 3 is 2.32 bits per heavy atom. The molecule has 25 heavy (non-hydrogen) atoms. The van der Waals surface area contributed by atoms with E-state index in [4.69, 9.17) is 5.26 Å². The highest BCUT2D eigenvalue weighted by atomic mass is 79.9. The third kappa shape index (κ3) is 5.60. The average molecular weight is 416 g/mol. The van der Waals surface area contributed by atoms with Gasteiger partial charge in [-0.1, -0.05) is 27.7 Å². The number of halogens is 1. The van der Waals surface area contributed by atoms with Crippen molar-refractivity contribution in [2.24, 2.45) is 0 Å². The summed E-state index contributed by atoms with van der Waals surface area (Å²) < 4.78 is 1.06. The lowest BCUT2D eigenvalue weighted by molar-refractivity contribution is -0.117. The van der Waals surface area contributed by atoms with E-state index in [1.807, 2.05) is 41.3 Å². The fraction of sp³-hybridized carbons (Fsp3) is 0.263. The Kier molecular flexibility index (Phi) is 6.14. The Morgan fingerprint density at radius 1 is 1.16 bits per heavy atom. The van der Waals surface area contributed by atoms with E-state index in [1.165, 1.54) is 0 Å². The van der Waals surface area contributed by atoms with Crippen molar-refractivity contribution in [3.63, 3.8) is 0 Å². The number of benzene rings is 2. The van der Waals surface area contributed by atoms with Crippen LogP contribution in [-0.2, 0) is 4.79 Å². The van der Waals surface area contributed by atoms with Crippen molar-refractivity contribution in [1.82, 2.24) is 4.90 Å². The zero-order valence-electron chi connectivity index (χ0n) is 13.6. The van der Waals surface area contributed by atoms with Crippen LogP contribution in [0, 0.1) is 11.3 Å². The minimum atomic E-state index is -0.0736. The summed E-state index contributed by atoms with van der Waals surface area (Å²) in [4.78, 5) is 16.4. The molecule has 0 spiro atoms. The second-order valence-electron chi connectivity index (χ2n) is 5.92. The number of nitrogens with one attached hydrogen (secondary N) is 1. The van der Waals surface area contributed by atoms with E-state index in [0.29, 0.717) is 12.6 Å². The predicted octanol–water partition coefficient (Wildman–Crippen LogP) is 4.53. The van der Waals surface area contributed by atoms with E-state index in [-0.39, 0.29) is 12.5 Å². The van der Waals surface area contributed by atoms with Crippen LogP contribution in [0.2, 0.25) is 0 Å². The fourth-order valence-corrected chi connectivity index (χ4v) is 3.56. The van der Waals surface area contributed by atoms with Crippen molar-refractivity contribution in [3.8, 4) is 6.07 Å². The third-order valence-corrected chi connectivity index (χ3v) is 5.42. The summed E-state index contributed by atoms with van der Waals surface area (Å²) in [7, 11) is 0. The van der Waals surface area contributed by atoms with Gasteiger partial charge in [0.25, 0.3) is 0 Å². The molecule has 2 aromatic rings. The summed E-state index contributed by atoms with van der Waals surface area (Å²) >= 11 is 5.11. The lowest BCUT2D eigenvalue weighted by Gasteiger charge is -2.17. The second-order valence-corrected chi connectivity index (χ2v) is 7.99. The fourth-order valence-electron chi connectivity index (χ4n) is 2.47. The van der Waals surface area contributed by atoms with Gasteiger partial charge in [-0.15, -0.1) is 0 Å². The molecule has 0 aliphatic heterocycles. The molecule has 1 N–H and O–H groups in total. The Hall–Kier alpha value is -1.81. The Labute approximate surface area is 160 Å². The van der Waals surface area contributed by atoms with Crippen molar-refractivity contribution in [1.29, 1.82) is 5.26 Å². The second kappa shape index (κ2) is 8.52. The number of hydrogen-bond donors (Lipinski definition) is 1. The van der Waals surface area contributed by atoms with Gasteiger partial charge in [0.1, 0.15) is 0 Å². The van der Waals surface area contributed by atoms with Crippen LogP contribution < -0.4 is 5.32 Å². The van der Waals surface area contributed by atoms with Crippen LogP contribution in [0.3, 0.4) is 0 Å². The topological polar surface area (TPSA) is 56.1 Å². The molecule has 6 heteroatoms. The molecule has 0 unspecified atom stereocenters. The molecular weight excluding hydrogens is 398 g/mol. The first kappa shape index (κ1) is 18.0. The first-order chi connectivity index (χ1) is 12.1. The summed E-state index contributed by atoms with van der Waals surface area (Å²) in [6, 6.07) is 18.5. The van der Waals surface area contributed by atoms with E-state index in [2.05, 4.69) is 39.4 Å². The highest BCUT2D eigenvalue weighted by Crippen LogP contribution is 2.29. The summed E-state index contributed by atoms with van der Waals surface area (Å²) in [6.07, 6.45) is 2.16. The molecule has 2 aromatic carbocycles. The zero-order chi connectivity index (χ0) is 17.6. The molecular formula is C19H18BrN3OS. The standard InChI is InChI=1S/C19H18BrN3OS/c20-14-1-7-17(8-2-14)25-18-9-3-15(4-10-18)22-19(24)13-23(12-11-21)16-5-6-16/h1-4,7-10,16H,5-6,12-13H2,(H,22,24). The normalized spacial score (nSPS) is 13.5. The van der Waals surface area contributed by atoms with Gasteiger partial charge in [-0.05, 0) is 61.4 Å². The molecule has 0 radical (unpaired) electrons. The zero-order valence-corrected chi connectivity index (χ0v) is 16.0. The van der Waals surface area contributed by atoms with E-state index in [9.17, 15) is 4.79 Å². The molecule has 0 heterocycles. The molecule has 128 valence electrons. The van der Waals surface area contributed by atoms with Gasteiger partial charge in [0, 0.05) is 26.0 Å². The molecule has 0 bridgehead atoms. The number of rotatable bonds is 7. The van der Waals surface area contributed by atoms with Gasteiger partial charge in [0.05, 0.1) is 19.2 Å². The maximum Gasteiger partial charge on any atom is 0.238 e. The van der Waals surface area contributed by atoms with Crippen LogP contribution in [0.4, 0.5) is 5.69 Å². The number of anilines is 1. The molecule has 1 saturated carbocycles. The van der Waals surface area contributed by atoms with Gasteiger partial charge in [-0.3, -0.25) is 9.69 Å². The average Bonchev–Trinajstić information content (AvgIpc) is 3.43. The molecule has 0 aromatic heterocycles. The van der Waals surface area contributed by atoms with Gasteiger partial charge in [0.15, 0.2) is 0 Å². The van der Waals surface area contributed by atoms with Crippen LogP contribution in [0.15, 0.2) is 62.8 Å². The van der Waals surface area contributed by atoms with Crippen molar-refractivity contribution in [2.45, 2.75) is 28.7 Å².